The van der Waals surface area contributed by atoms with E-state index in [2.05, 4.69) is 26.2 Å². The van der Waals surface area contributed by atoms with E-state index in [4.69, 9.17) is 11.6 Å². The van der Waals surface area contributed by atoms with Crippen LogP contribution in [0.15, 0.2) is 60.0 Å². The van der Waals surface area contributed by atoms with Crippen LogP contribution in [0.4, 0.5) is 5.13 Å². The molecule has 4 rings (SSSR count). The number of amides is 1. The molecule has 29 heavy (non-hydrogen) atoms. The normalized spacial score (nSPS) is 15.3. The largest absolute Gasteiger partial charge is 0.301 e. The van der Waals surface area contributed by atoms with Gasteiger partial charge < -0.3 is 5.32 Å². The average molecular weight is 427 g/mol. The molecule has 1 aromatic heterocycles. The highest BCUT2D eigenvalue weighted by Gasteiger charge is 2.19. The molecule has 2 aromatic carbocycles. The van der Waals surface area contributed by atoms with Crippen molar-refractivity contribution in [3.05, 3.63) is 70.6 Å². The minimum atomic E-state index is -0.0118. The topological polar surface area (TPSA) is 48.5 Å². The van der Waals surface area contributed by atoms with Crippen LogP contribution in [0.5, 0.6) is 0 Å². The van der Waals surface area contributed by atoms with Gasteiger partial charge in [0.15, 0.2) is 5.13 Å². The number of anilines is 1. The molecule has 0 saturated carbocycles. The first-order chi connectivity index (χ1) is 14.2. The van der Waals surface area contributed by atoms with Gasteiger partial charge in [0.2, 0.25) is 5.91 Å². The maximum absolute atomic E-state index is 12.4. The molecule has 1 saturated heterocycles. The van der Waals surface area contributed by atoms with Crippen molar-refractivity contribution in [2.45, 2.75) is 6.54 Å². The van der Waals surface area contributed by atoms with Gasteiger partial charge in [0.05, 0.1) is 12.2 Å². The van der Waals surface area contributed by atoms with Crippen molar-refractivity contribution in [3.8, 4) is 11.3 Å². The molecule has 0 radical (unpaired) electrons. The van der Waals surface area contributed by atoms with Crippen LogP contribution in [0.1, 0.15) is 5.56 Å². The number of thiazole rings is 1. The zero-order chi connectivity index (χ0) is 20.1. The Kier molecular flexibility index (Phi) is 6.56. The summed E-state index contributed by atoms with van der Waals surface area (Å²) in [4.78, 5) is 21.5. The maximum Gasteiger partial charge on any atom is 0.240 e. The first-order valence-corrected chi connectivity index (χ1v) is 10.9. The molecule has 0 aliphatic carbocycles. The third-order valence-corrected chi connectivity index (χ3v) is 5.94. The number of halogens is 1. The van der Waals surface area contributed by atoms with Gasteiger partial charge in [0.1, 0.15) is 0 Å². The van der Waals surface area contributed by atoms with E-state index >= 15 is 0 Å². The van der Waals surface area contributed by atoms with Gasteiger partial charge in [0, 0.05) is 48.7 Å². The van der Waals surface area contributed by atoms with Gasteiger partial charge in [-0.15, -0.1) is 11.3 Å². The molecular weight excluding hydrogens is 404 g/mol. The van der Waals surface area contributed by atoms with Gasteiger partial charge >= 0.3 is 0 Å². The lowest BCUT2D eigenvalue weighted by Gasteiger charge is -2.34. The third kappa shape index (κ3) is 5.64. The summed E-state index contributed by atoms with van der Waals surface area (Å²) in [5.74, 6) is -0.0118. The molecule has 5 nitrogen and oxygen atoms in total. The van der Waals surface area contributed by atoms with E-state index in [1.807, 2.05) is 53.9 Å². The number of rotatable bonds is 6. The van der Waals surface area contributed by atoms with Crippen molar-refractivity contribution >= 4 is 34.0 Å². The molecule has 150 valence electrons. The van der Waals surface area contributed by atoms with E-state index in [1.165, 1.54) is 16.9 Å². The van der Waals surface area contributed by atoms with Crippen LogP contribution >= 0.6 is 22.9 Å². The molecule has 1 aliphatic heterocycles. The second kappa shape index (κ2) is 9.50. The molecule has 2 heterocycles. The smallest absolute Gasteiger partial charge is 0.240 e. The third-order valence-electron chi connectivity index (χ3n) is 4.95. The Labute approximate surface area is 179 Å². The number of carbonyl (C=O) groups excluding carboxylic acids is 1. The molecule has 7 heteroatoms. The zero-order valence-electron chi connectivity index (χ0n) is 16.1. The van der Waals surface area contributed by atoms with Crippen molar-refractivity contribution in [3.63, 3.8) is 0 Å². The molecule has 0 spiro atoms. The highest BCUT2D eigenvalue weighted by Crippen LogP contribution is 2.24. The Morgan fingerprint density at radius 1 is 1.03 bits per heavy atom. The first kappa shape index (κ1) is 20.0. The lowest BCUT2D eigenvalue weighted by molar-refractivity contribution is -0.117. The van der Waals surface area contributed by atoms with Crippen molar-refractivity contribution in [2.24, 2.45) is 0 Å². The van der Waals surface area contributed by atoms with Crippen molar-refractivity contribution in [2.75, 3.05) is 38.0 Å². The number of hydrogen-bond acceptors (Lipinski definition) is 5. The summed E-state index contributed by atoms with van der Waals surface area (Å²) >= 11 is 7.53. The summed E-state index contributed by atoms with van der Waals surface area (Å²) in [5, 5.41) is 6.33. The van der Waals surface area contributed by atoms with Crippen molar-refractivity contribution in [1.29, 1.82) is 0 Å². The van der Waals surface area contributed by atoms with Crippen molar-refractivity contribution < 1.29 is 4.79 Å². The summed E-state index contributed by atoms with van der Waals surface area (Å²) in [6.45, 7) is 4.92. The first-order valence-electron chi connectivity index (χ1n) is 9.66. The van der Waals surface area contributed by atoms with Crippen LogP contribution in [0.25, 0.3) is 11.3 Å². The Hall–Kier alpha value is -2.25. The van der Waals surface area contributed by atoms with Crippen LogP contribution in [0.2, 0.25) is 5.02 Å². The fourth-order valence-electron chi connectivity index (χ4n) is 3.43. The maximum atomic E-state index is 12.4. The molecule has 1 aliphatic rings. The van der Waals surface area contributed by atoms with E-state index in [0.29, 0.717) is 11.7 Å². The van der Waals surface area contributed by atoms with Crippen LogP contribution in [0.3, 0.4) is 0 Å². The van der Waals surface area contributed by atoms with E-state index in [-0.39, 0.29) is 5.91 Å². The van der Waals surface area contributed by atoms with Crippen LogP contribution in [0, 0.1) is 0 Å². The Morgan fingerprint density at radius 2 is 1.79 bits per heavy atom. The molecule has 3 aromatic rings. The number of benzene rings is 2. The Morgan fingerprint density at radius 3 is 2.55 bits per heavy atom. The zero-order valence-corrected chi connectivity index (χ0v) is 17.6. The lowest BCUT2D eigenvalue weighted by Crippen LogP contribution is -2.48. The summed E-state index contributed by atoms with van der Waals surface area (Å²) in [7, 11) is 0. The number of nitrogens with zero attached hydrogens (tertiary/aromatic N) is 3. The standard InChI is InChI=1S/C22H23ClN4OS/c23-19-8-4-5-17(13-19)14-26-9-11-27(12-10-26)15-21(28)25-22-24-20(16-29-22)18-6-2-1-3-7-18/h1-8,13,16H,9-12,14-15H2,(H,24,25,28). The highest BCUT2D eigenvalue weighted by molar-refractivity contribution is 7.14. The predicted octanol–water partition coefficient (Wildman–Crippen LogP) is 4.22. The van der Waals surface area contributed by atoms with Gasteiger partial charge in [-0.05, 0) is 17.7 Å². The van der Waals surface area contributed by atoms with Gasteiger partial charge in [-0.25, -0.2) is 4.98 Å². The Bertz CT molecular complexity index is 954. The van der Waals surface area contributed by atoms with Gasteiger partial charge in [0.25, 0.3) is 0 Å². The van der Waals surface area contributed by atoms with Crippen molar-refractivity contribution in [1.82, 2.24) is 14.8 Å². The average Bonchev–Trinajstić information content (AvgIpc) is 3.18. The molecule has 1 amide bonds. The fourth-order valence-corrected chi connectivity index (χ4v) is 4.38. The monoisotopic (exact) mass is 426 g/mol. The van der Waals surface area contributed by atoms with Gasteiger partial charge in [-0.2, -0.15) is 0 Å². The Balaban J connectivity index is 1.23. The van der Waals surface area contributed by atoms with Gasteiger partial charge in [-0.3, -0.25) is 14.6 Å². The summed E-state index contributed by atoms with van der Waals surface area (Å²) in [6, 6.07) is 18.0. The number of carbonyl (C=O) groups is 1. The summed E-state index contributed by atoms with van der Waals surface area (Å²) in [5.41, 5.74) is 3.17. The molecule has 0 atom stereocenters. The molecule has 1 N–H and O–H groups in total. The fraction of sp³-hybridized carbons (Fsp3) is 0.273. The number of aromatic nitrogens is 1. The number of hydrogen-bond donors (Lipinski definition) is 1. The number of nitrogens with one attached hydrogen (secondary N) is 1. The summed E-state index contributed by atoms with van der Waals surface area (Å²) in [6.07, 6.45) is 0. The van der Waals surface area contributed by atoms with Crippen LogP contribution in [-0.4, -0.2) is 53.4 Å². The number of piperazine rings is 1. The minimum Gasteiger partial charge on any atom is -0.301 e. The molecule has 0 unspecified atom stereocenters. The molecule has 1 fully saturated rings. The van der Waals surface area contributed by atoms with Crippen LogP contribution in [-0.2, 0) is 11.3 Å². The van der Waals surface area contributed by atoms with E-state index in [0.717, 1.165) is 49.0 Å². The van der Waals surface area contributed by atoms with E-state index < -0.39 is 0 Å². The van der Waals surface area contributed by atoms with Gasteiger partial charge in [-0.1, -0.05) is 54.1 Å². The second-order valence-corrected chi connectivity index (χ2v) is 8.43. The highest BCUT2D eigenvalue weighted by atomic mass is 35.5. The molecule has 0 bridgehead atoms. The van der Waals surface area contributed by atoms with E-state index in [9.17, 15) is 4.79 Å². The van der Waals surface area contributed by atoms with E-state index in [1.54, 1.807) is 0 Å². The molecular formula is C22H23ClN4OS. The summed E-state index contributed by atoms with van der Waals surface area (Å²) < 4.78 is 0. The second-order valence-electron chi connectivity index (χ2n) is 7.13. The van der Waals surface area contributed by atoms with Crippen LogP contribution < -0.4 is 5.32 Å². The minimum absolute atomic E-state index is 0.0118. The lowest BCUT2D eigenvalue weighted by atomic mass is 10.2. The predicted molar refractivity (Wildman–Crippen MR) is 119 cm³/mol. The quantitative estimate of drug-likeness (QED) is 0.641. The SMILES string of the molecule is O=C(CN1CCN(Cc2cccc(Cl)c2)CC1)Nc1nc(-c2ccccc2)cs1.